The molecule has 0 radical (unpaired) electrons. The van der Waals surface area contributed by atoms with Crippen molar-refractivity contribution in [2.75, 3.05) is 7.05 Å². The molecule has 1 heterocycles. The van der Waals surface area contributed by atoms with Crippen LogP contribution in [-0.4, -0.2) is 7.05 Å². The van der Waals surface area contributed by atoms with Crippen molar-refractivity contribution in [1.82, 2.24) is 5.32 Å². The van der Waals surface area contributed by atoms with Crippen LogP contribution in [0.1, 0.15) is 22.7 Å². The molecule has 90 valence electrons. The number of hydrogen-bond donors (Lipinski definition) is 1. The highest BCUT2D eigenvalue weighted by molar-refractivity contribution is 7.07. The zero-order chi connectivity index (χ0) is 12.3. The first-order valence-electron chi connectivity index (χ1n) is 5.65. The van der Waals surface area contributed by atoms with Crippen LogP contribution in [-0.2, 0) is 6.42 Å². The Bertz CT molecular complexity index is 479. The summed E-state index contributed by atoms with van der Waals surface area (Å²) in [6.45, 7) is 1.90. The van der Waals surface area contributed by atoms with Crippen molar-refractivity contribution in [3.8, 4) is 0 Å². The minimum Gasteiger partial charge on any atom is -0.313 e. The van der Waals surface area contributed by atoms with Crippen LogP contribution < -0.4 is 5.32 Å². The van der Waals surface area contributed by atoms with E-state index in [1.807, 2.05) is 31.5 Å². The molecule has 17 heavy (non-hydrogen) atoms. The predicted molar refractivity (Wildman–Crippen MR) is 71.0 cm³/mol. The third kappa shape index (κ3) is 2.93. The molecule has 0 aliphatic heterocycles. The topological polar surface area (TPSA) is 12.0 Å². The van der Waals surface area contributed by atoms with Gasteiger partial charge in [-0.2, -0.15) is 11.3 Å². The van der Waals surface area contributed by atoms with Crippen LogP contribution in [0, 0.1) is 12.7 Å². The van der Waals surface area contributed by atoms with E-state index in [0.717, 1.165) is 17.5 Å². The zero-order valence-corrected chi connectivity index (χ0v) is 10.9. The molecule has 2 rings (SSSR count). The Labute approximate surface area is 105 Å². The average molecular weight is 249 g/mol. The van der Waals surface area contributed by atoms with E-state index >= 15 is 0 Å². The fourth-order valence-electron chi connectivity index (χ4n) is 1.93. The molecule has 0 spiro atoms. The predicted octanol–water partition coefficient (Wildman–Crippen LogP) is 3.70. The maximum Gasteiger partial charge on any atom is 0.128 e. The Morgan fingerprint density at radius 2 is 2.18 bits per heavy atom. The van der Waals surface area contributed by atoms with Gasteiger partial charge in [-0.1, -0.05) is 12.1 Å². The summed E-state index contributed by atoms with van der Waals surface area (Å²) in [5.41, 5.74) is 2.94. The fraction of sp³-hybridized carbons (Fsp3) is 0.286. The molecule has 1 aromatic carbocycles. The number of aryl methyl sites for hydroxylation is 1. The molecule has 3 heteroatoms. The molecule has 0 saturated carbocycles. The van der Waals surface area contributed by atoms with Crippen LogP contribution in [0.5, 0.6) is 0 Å². The Hall–Kier alpha value is -1.19. The first-order chi connectivity index (χ1) is 8.20. The number of rotatable bonds is 4. The van der Waals surface area contributed by atoms with Gasteiger partial charge in [0.25, 0.3) is 0 Å². The van der Waals surface area contributed by atoms with Crippen molar-refractivity contribution in [2.24, 2.45) is 0 Å². The zero-order valence-electron chi connectivity index (χ0n) is 10.0. The summed E-state index contributed by atoms with van der Waals surface area (Å²) in [5.74, 6) is -0.125. The molecule has 1 N–H and O–H groups in total. The Morgan fingerprint density at radius 1 is 1.35 bits per heavy atom. The molecular weight excluding hydrogens is 233 g/mol. The molecule has 1 unspecified atom stereocenters. The van der Waals surface area contributed by atoms with Crippen molar-refractivity contribution >= 4 is 11.3 Å². The lowest BCUT2D eigenvalue weighted by atomic mass is 9.99. The van der Waals surface area contributed by atoms with Crippen LogP contribution in [0.2, 0.25) is 0 Å². The Balaban J connectivity index is 2.23. The monoisotopic (exact) mass is 249 g/mol. The van der Waals surface area contributed by atoms with Gasteiger partial charge in [-0.15, -0.1) is 0 Å². The summed E-state index contributed by atoms with van der Waals surface area (Å²) in [6, 6.07) is 7.54. The van der Waals surface area contributed by atoms with Gasteiger partial charge in [0.15, 0.2) is 0 Å². The second-order valence-corrected chi connectivity index (χ2v) is 4.98. The van der Waals surface area contributed by atoms with Crippen molar-refractivity contribution in [2.45, 2.75) is 19.4 Å². The van der Waals surface area contributed by atoms with E-state index < -0.39 is 0 Å². The maximum absolute atomic E-state index is 13.9. The van der Waals surface area contributed by atoms with E-state index in [9.17, 15) is 4.39 Å². The normalized spacial score (nSPS) is 12.6. The fourth-order valence-corrected chi connectivity index (χ4v) is 2.61. The molecule has 1 nitrogen and oxygen atoms in total. The highest BCUT2D eigenvalue weighted by Gasteiger charge is 2.14. The second-order valence-electron chi connectivity index (χ2n) is 4.20. The largest absolute Gasteiger partial charge is 0.313 e. The first-order valence-corrected chi connectivity index (χ1v) is 6.59. The smallest absolute Gasteiger partial charge is 0.128 e. The van der Waals surface area contributed by atoms with E-state index in [1.54, 1.807) is 17.4 Å². The third-order valence-electron chi connectivity index (χ3n) is 2.90. The number of hydrogen-bond acceptors (Lipinski definition) is 2. The van der Waals surface area contributed by atoms with Crippen LogP contribution in [0.4, 0.5) is 4.39 Å². The van der Waals surface area contributed by atoms with Crippen molar-refractivity contribution < 1.29 is 4.39 Å². The summed E-state index contributed by atoms with van der Waals surface area (Å²) in [7, 11) is 1.87. The number of nitrogens with one attached hydrogen (secondary N) is 1. The number of thiophene rings is 1. The Kier molecular flexibility index (Phi) is 3.92. The number of likely N-dealkylation sites (N-methyl/N-ethyl adjacent to an activating group) is 1. The van der Waals surface area contributed by atoms with Gasteiger partial charge in [-0.3, -0.25) is 0 Å². The van der Waals surface area contributed by atoms with Crippen molar-refractivity contribution in [3.05, 3.63) is 57.5 Å². The lowest BCUT2D eigenvalue weighted by Crippen LogP contribution is -2.19. The average Bonchev–Trinajstić information content (AvgIpc) is 2.79. The minimum atomic E-state index is -0.125. The highest BCUT2D eigenvalue weighted by Crippen LogP contribution is 2.22. The van der Waals surface area contributed by atoms with Gasteiger partial charge >= 0.3 is 0 Å². The molecule has 0 aliphatic carbocycles. The SMILES string of the molecule is CNC(Cc1ccsc1)c1ccc(C)cc1F. The van der Waals surface area contributed by atoms with E-state index in [-0.39, 0.29) is 11.9 Å². The van der Waals surface area contributed by atoms with E-state index in [0.29, 0.717) is 0 Å². The van der Waals surface area contributed by atoms with Crippen molar-refractivity contribution in [3.63, 3.8) is 0 Å². The lowest BCUT2D eigenvalue weighted by molar-refractivity contribution is 0.534. The quantitative estimate of drug-likeness (QED) is 0.871. The minimum absolute atomic E-state index is 0.0326. The molecule has 0 aliphatic rings. The van der Waals surface area contributed by atoms with E-state index in [4.69, 9.17) is 0 Å². The summed E-state index contributed by atoms with van der Waals surface area (Å²) in [5, 5.41) is 7.34. The van der Waals surface area contributed by atoms with E-state index in [2.05, 4.69) is 16.8 Å². The van der Waals surface area contributed by atoms with Gasteiger partial charge in [0, 0.05) is 11.6 Å². The van der Waals surface area contributed by atoms with Gasteiger partial charge in [0.1, 0.15) is 5.82 Å². The molecule has 0 fully saturated rings. The van der Waals surface area contributed by atoms with Gasteiger partial charge in [-0.05, 0) is 54.4 Å². The lowest BCUT2D eigenvalue weighted by Gasteiger charge is -2.17. The standard InChI is InChI=1S/C14H16FNS/c1-10-3-4-12(13(15)7-10)14(16-2)8-11-5-6-17-9-11/h3-7,9,14,16H,8H2,1-2H3. The summed E-state index contributed by atoms with van der Waals surface area (Å²) < 4.78 is 13.9. The third-order valence-corrected chi connectivity index (χ3v) is 3.63. The van der Waals surface area contributed by atoms with Crippen LogP contribution in [0.25, 0.3) is 0 Å². The van der Waals surface area contributed by atoms with Crippen LogP contribution in [0.15, 0.2) is 35.0 Å². The highest BCUT2D eigenvalue weighted by atomic mass is 32.1. The second kappa shape index (κ2) is 5.43. The Morgan fingerprint density at radius 3 is 2.76 bits per heavy atom. The van der Waals surface area contributed by atoms with Crippen LogP contribution >= 0.6 is 11.3 Å². The van der Waals surface area contributed by atoms with Gasteiger partial charge in [0.2, 0.25) is 0 Å². The molecule has 0 amide bonds. The molecule has 0 saturated heterocycles. The summed E-state index contributed by atoms with van der Waals surface area (Å²) in [4.78, 5) is 0. The van der Waals surface area contributed by atoms with Gasteiger partial charge in [-0.25, -0.2) is 4.39 Å². The summed E-state index contributed by atoms with van der Waals surface area (Å²) >= 11 is 1.67. The molecule has 1 atom stereocenters. The first kappa shape index (κ1) is 12.3. The van der Waals surface area contributed by atoms with Gasteiger partial charge in [0.05, 0.1) is 0 Å². The van der Waals surface area contributed by atoms with E-state index in [1.165, 1.54) is 5.56 Å². The van der Waals surface area contributed by atoms with Crippen molar-refractivity contribution in [1.29, 1.82) is 0 Å². The molecular formula is C14H16FNS. The number of benzene rings is 1. The number of halogens is 1. The molecule has 2 aromatic rings. The molecule has 1 aromatic heterocycles. The van der Waals surface area contributed by atoms with Crippen LogP contribution in [0.3, 0.4) is 0 Å². The maximum atomic E-state index is 13.9. The summed E-state index contributed by atoms with van der Waals surface area (Å²) in [6.07, 6.45) is 0.819. The van der Waals surface area contributed by atoms with Gasteiger partial charge < -0.3 is 5.32 Å². The molecule has 0 bridgehead atoms.